The average Bonchev–Trinajstić information content (AvgIpc) is 3.55. The number of carbonyl (C=O) groups excluding carboxylic acids is 3. The number of nitrogens with one attached hydrogen (secondary N) is 3. The second kappa shape index (κ2) is 12.8. The Balaban J connectivity index is 0.00000441. The highest BCUT2D eigenvalue weighted by molar-refractivity contribution is 5.99. The fourth-order valence-corrected chi connectivity index (χ4v) is 4.82. The van der Waals surface area contributed by atoms with Gasteiger partial charge >= 0.3 is 5.97 Å². The molecule has 2 heterocycles. The van der Waals surface area contributed by atoms with Crippen LogP contribution in [0.5, 0.6) is 0 Å². The molecule has 0 aliphatic carbocycles. The first-order chi connectivity index (χ1) is 18.6. The molecule has 1 unspecified atom stereocenters. The van der Waals surface area contributed by atoms with Gasteiger partial charge in [-0.15, -0.1) is 12.4 Å². The quantitative estimate of drug-likeness (QED) is 0.127. The summed E-state index contributed by atoms with van der Waals surface area (Å²) in [6, 6.07) is 12.8. The van der Waals surface area contributed by atoms with Gasteiger partial charge in [-0.1, -0.05) is 6.07 Å². The Morgan fingerprint density at radius 3 is 2.42 bits per heavy atom. The lowest BCUT2D eigenvalue weighted by molar-refractivity contribution is -0.148. The minimum absolute atomic E-state index is 0. The zero-order valence-electron chi connectivity index (χ0n) is 23.0. The maximum atomic E-state index is 13.7. The van der Waals surface area contributed by atoms with E-state index in [1.54, 1.807) is 30.9 Å². The lowest BCUT2D eigenvalue weighted by atomic mass is 9.89. The maximum absolute atomic E-state index is 13.7. The number of carbonyl (C=O) groups is 3. The van der Waals surface area contributed by atoms with Gasteiger partial charge in [-0.3, -0.25) is 19.8 Å². The third-order valence-corrected chi connectivity index (χ3v) is 7.02. The van der Waals surface area contributed by atoms with Gasteiger partial charge in [0.15, 0.2) is 0 Å². The zero-order chi connectivity index (χ0) is 28.2. The van der Waals surface area contributed by atoms with E-state index in [4.69, 9.17) is 20.9 Å². The molecule has 0 spiro atoms. The summed E-state index contributed by atoms with van der Waals surface area (Å²) in [5.41, 5.74) is 7.80. The molecule has 0 radical (unpaired) electrons. The van der Waals surface area contributed by atoms with E-state index in [9.17, 15) is 14.4 Å². The molecule has 4 rings (SSSR count). The summed E-state index contributed by atoms with van der Waals surface area (Å²) in [4.78, 5) is 44.9. The highest BCUT2D eigenvalue weighted by Gasteiger charge is 2.41. The first-order valence-electron chi connectivity index (χ1n) is 13.0. The number of anilines is 1. The molecule has 2 amide bonds. The highest BCUT2D eigenvalue weighted by Crippen LogP contribution is 2.29. The van der Waals surface area contributed by atoms with Crippen LogP contribution < -0.4 is 16.4 Å². The third-order valence-electron chi connectivity index (χ3n) is 7.02. The number of halogens is 1. The second-order valence-corrected chi connectivity index (χ2v) is 9.79. The highest BCUT2D eigenvalue weighted by atomic mass is 35.5. The topological polar surface area (TPSA) is 155 Å². The molecular formula is C28H36ClN7O4. The van der Waals surface area contributed by atoms with E-state index < -0.39 is 23.8 Å². The lowest BCUT2D eigenvalue weighted by Crippen LogP contribution is -2.55. The fraction of sp³-hybridized carbons (Fsp3) is 0.393. The summed E-state index contributed by atoms with van der Waals surface area (Å²) in [7, 11) is 1.92. The number of rotatable bonds is 10. The van der Waals surface area contributed by atoms with Gasteiger partial charge in [-0.2, -0.15) is 0 Å². The van der Waals surface area contributed by atoms with E-state index in [1.807, 2.05) is 41.9 Å². The van der Waals surface area contributed by atoms with Gasteiger partial charge in [0, 0.05) is 31.4 Å². The zero-order valence-corrected chi connectivity index (χ0v) is 23.8. The number of nitrogen functional groups attached to an aromatic ring is 1. The van der Waals surface area contributed by atoms with Crippen LogP contribution in [0.4, 0.5) is 5.69 Å². The molecule has 214 valence electrons. The Morgan fingerprint density at radius 2 is 1.80 bits per heavy atom. The number of nitrogens with two attached hydrogens (primary N) is 1. The van der Waals surface area contributed by atoms with Gasteiger partial charge in [0.05, 0.1) is 24.2 Å². The molecular weight excluding hydrogens is 534 g/mol. The normalized spacial score (nSPS) is 14.2. The summed E-state index contributed by atoms with van der Waals surface area (Å²) in [6.45, 7) is 5.21. The number of amides is 2. The van der Waals surface area contributed by atoms with E-state index in [0.717, 1.165) is 29.9 Å². The lowest BCUT2D eigenvalue weighted by Gasteiger charge is -2.34. The molecule has 2 aromatic carbocycles. The van der Waals surface area contributed by atoms with Crippen molar-refractivity contribution in [3.05, 3.63) is 59.4 Å². The first-order valence-corrected chi connectivity index (χ1v) is 13.0. The predicted molar refractivity (Wildman–Crippen MR) is 155 cm³/mol. The van der Waals surface area contributed by atoms with E-state index >= 15 is 0 Å². The Kier molecular flexibility index (Phi) is 9.75. The standard InChI is InChI=1S/C28H35N7O4.ClH/c1-4-39-25(37)16-24(36)33-28(2,27(38)35-13-5-6-14-35)19-9-12-22-21(15-19)32-23(34(22)3)17-31-20-10-7-18(8-11-20)26(29)30;/h7-12,15,31H,4-6,13-14,16-17H2,1-3H3,(H3,29,30)(H,33,36);1H. The van der Waals surface area contributed by atoms with Gasteiger partial charge in [0.1, 0.15) is 23.6 Å². The van der Waals surface area contributed by atoms with Gasteiger partial charge in [-0.05, 0) is 68.7 Å². The monoisotopic (exact) mass is 569 g/mol. The van der Waals surface area contributed by atoms with E-state index in [0.29, 0.717) is 36.3 Å². The van der Waals surface area contributed by atoms with Crippen LogP contribution in [0, 0.1) is 5.41 Å². The summed E-state index contributed by atoms with van der Waals surface area (Å²) in [5, 5.41) is 13.7. The number of nitrogens with zero attached hydrogens (tertiary/aromatic N) is 3. The van der Waals surface area contributed by atoms with Crippen LogP contribution in [-0.4, -0.2) is 57.8 Å². The molecule has 1 saturated heterocycles. The summed E-state index contributed by atoms with van der Waals surface area (Å²) < 4.78 is 6.88. The Bertz CT molecular complexity index is 1400. The van der Waals surface area contributed by atoms with E-state index in [-0.39, 0.29) is 30.8 Å². The molecule has 5 N–H and O–H groups in total. The van der Waals surface area contributed by atoms with Crippen molar-refractivity contribution in [1.29, 1.82) is 5.41 Å². The number of hydrogen-bond acceptors (Lipinski definition) is 7. The van der Waals surface area contributed by atoms with Crippen LogP contribution in [0.3, 0.4) is 0 Å². The fourth-order valence-electron chi connectivity index (χ4n) is 4.82. The number of aryl methyl sites for hydroxylation is 1. The number of hydrogen-bond donors (Lipinski definition) is 4. The molecule has 3 aromatic rings. The van der Waals surface area contributed by atoms with Crippen molar-refractivity contribution in [3.8, 4) is 0 Å². The molecule has 1 aliphatic rings. The van der Waals surface area contributed by atoms with E-state index in [2.05, 4.69) is 10.6 Å². The Hall–Kier alpha value is -4.12. The van der Waals surface area contributed by atoms with Crippen LogP contribution in [0.2, 0.25) is 0 Å². The number of ether oxygens (including phenoxy) is 1. The van der Waals surface area contributed by atoms with Crippen LogP contribution in [0.15, 0.2) is 42.5 Å². The molecule has 11 nitrogen and oxygen atoms in total. The number of likely N-dealkylation sites (tertiary alicyclic amines) is 1. The second-order valence-electron chi connectivity index (χ2n) is 9.79. The van der Waals surface area contributed by atoms with Crippen LogP contribution in [0.1, 0.15) is 50.1 Å². The van der Waals surface area contributed by atoms with Crippen molar-refractivity contribution in [2.24, 2.45) is 12.8 Å². The van der Waals surface area contributed by atoms with Crippen molar-refractivity contribution >= 4 is 52.7 Å². The average molecular weight is 570 g/mol. The number of aromatic nitrogens is 2. The van der Waals surface area contributed by atoms with Gasteiger partial charge in [-0.25, -0.2) is 4.98 Å². The van der Waals surface area contributed by atoms with Crippen LogP contribution >= 0.6 is 12.4 Å². The van der Waals surface area contributed by atoms with Crippen LogP contribution in [-0.2, 0) is 38.3 Å². The van der Waals surface area contributed by atoms with E-state index in [1.165, 1.54) is 0 Å². The van der Waals surface area contributed by atoms with Gasteiger partial charge in [0.25, 0.3) is 5.91 Å². The Morgan fingerprint density at radius 1 is 1.12 bits per heavy atom. The van der Waals surface area contributed by atoms with Crippen molar-refractivity contribution in [2.75, 3.05) is 25.0 Å². The molecule has 1 aliphatic heterocycles. The molecule has 0 bridgehead atoms. The molecule has 12 heteroatoms. The molecule has 40 heavy (non-hydrogen) atoms. The van der Waals surface area contributed by atoms with Crippen molar-refractivity contribution in [1.82, 2.24) is 19.8 Å². The smallest absolute Gasteiger partial charge is 0.315 e. The van der Waals surface area contributed by atoms with Gasteiger partial charge in [0.2, 0.25) is 5.91 Å². The molecule has 1 atom stereocenters. The largest absolute Gasteiger partial charge is 0.466 e. The summed E-state index contributed by atoms with van der Waals surface area (Å²) in [6.07, 6.45) is 1.35. The maximum Gasteiger partial charge on any atom is 0.315 e. The third kappa shape index (κ3) is 6.53. The predicted octanol–water partition coefficient (Wildman–Crippen LogP) is 2.80. The molecule has 1 fully saturated rings. The number of amidine groups is 1. The molecule has 1 aromatic heterocycles. The van der Waals surface area contributed by atoms with Gasteiger partial charge < -0.3 is 30.6 Å². The molecule has 0 saturated carbocycles. The summed E-state index contributed by atoms with van der Waals surface area (Å²) >= 11 is 0. The first kappa shape index (κ1) is 30.4. The van der Waals surface area contributed by atoms with Crippen molar-refractivity contribution < 1.29 is 19.1 Å². The number of imidazole rings is 1. The van der Waals surface area contributed by atoms with Crippen molar-refractivity contribution in [2.45, 2.75) is 45.2 Å². The number of esters is 1. The Labute approximate surface area is 239 Å². The number of fused-ring (bicyclic) bond motifs is 1. The minimum atomic E-state index is -1.38. The SMILES string of the molecule is CCOC(=O)CC(=O)NC(C)(C(=O)N1CCCC1)c1ccc2c(c1)nc(CNc1ccc(C(=N)N)cc1)n2C.Cl. The summed E-state index contributed by atoms with van der Waals surface area (Å²) in [5.74, 6) is -0.648. The minimum Gasteiger partial charge on any atom is -0.466 e. The number of benzene rings is 2. The van der Waals surface area contributed by atoms with Crippen LogP contribution in [0.25, 0.3) is 11.0 Å². The van der Waals surface area contributed by atoms with Crippen molar-refractivity contribution in [3.63, 3.8) is 0 Å².